The van der Waals surface area contributed by atoms with Crippen molar-refractivity contribution in [1.29, 1.82) is 0 Å². The normalized spacial score (nSPS) is 10.1. The number of carbonyl (C=O) groups is 2. The summed E-state index contributed by atoms with van der Waals surface area (Å²) < 4.78 is 10.7. The highest BCUT2D eigenvalue weighted by Crippen LogP contribution is 2.25. The van der Waals surface area contributed by atoms with E-state index in [2.05, 4.69) is 10.6 Å². The van der Waals surface area contributed by atoms with Crippen LogP contribution in [0.5, 0.6) is 5.75 Å². The Labute approximate surface area is 169 Å². The molecule has 0 saturated heterocycles. The Morgan fingerprint density at radius 1 is 0.862 bits per heavy atom. The van der Waals surface area contributed by atoms with Crippen molar-refractivity contribution in [3.8, 4) is 5.75 Å². The van der Waals surface area contributed by atoms with Crippen LogP contribution < -0.4 is 15.4 Å². The number of para-hydroxylation sites is 1. The second-order valence-corrected chi connectivity index (χ2v) is 6.43. The smallest absolute Gasteiger partial charge is 0.341 e. The molecule has 0 aliphatic heterocycles. The largest absolute Gasteiger partial charge is 0.488 e. The van der Waals surface area contributed by atoms with Crippen LogP contribution in [0, 0.1) is 6.92 Å². The van der Waals surface area contributed by atoms with Crippen LogP contribution in [0.3, 0.4) is 0 Å². The number of carbonyl (C=O) groups excluding carboxylic acids is 2. The maximum atomic E-state index is 12.2. The van der Waals surface area contributed by atoms with Crippen LogP contribution >= 0.6 is 0 Å². The maximum absolute atomic E-state index is 12.2. The van der Waals surface area contributed by atoms with Gasteiger partial charge in [0.15, 0.2) is 0 Å². The first-order valence-electron chi connectivity index (χ1n) is 9.09. The van der Waals surface area contributed by atoms with Gasteiger partial charge in [0.25, 0.3) is 0 Å². The minimum atomic E-state index is -0.545. The number of urea groups is 1. The lowest BCUT2D eigenvalue weighted by Crippen LogP contribution is -2.19. The standard InChI is InChI=1S/C23H22N2O4/c1-16-7-6-8-17(13-16)15-29-21-12-11-19(14-20(21)22(26)28-2)25-23(27)24-18-9-4-3-5-10-18/h3-14H,15H2,1-2H3,(H2,24,25,27). The maximum Gasteiger partial charge on any atom is 0.341 e. The van der Waals surface area contributed by atoms with Crippen molar-refractivity contribution in [3.05, 3.63) is 89.5 Å². The molecular formula is C23H22N2O4. The number of esters is 1. The fourth-order valence-electron chi connectivity index (χ4n) is 2.78. The van der Waals surface area contributed by atoms with Gasteiger partial charge in [-0.1, -0.05) is 48.0 Å². The van der Waals surface area contributed by atoms with E-state index in [9.17, 15) is 9.59 Å². The number of methoxy groups -OCH3 is 1. The first-order chi connectivity index (χ1) is 14.0. The molecule has 0 aromatic heterocycles. The Morgan fingerprint density at radius 3 is 2.34 bits per heavy atom. The fourth-order valence-corrected chi connectivity index (χ4v) is 2.78. The van der Waals surface area contributed by atoms with Crippen molar-refractivity contribution in [2.24, 2.45) is 0 Å². The molecule has 0 spiro atoms. The average Bonchev–Trinajstić information content (AvgIpc) is 2.73. The summed E-state index contributed by atoms with van der Waals surface area (Å²) in [5.41, 5.74) is 3.46. The van der Waals surface area contributed by atoms with Crippen molar-refractivity contribution in [1.82, 2.24) is 0 Å². The molecule has 148 valence electrons. The summed E-state index contributed by atoms with van der Waals surface area (Å²) >= 11 is 0. The molecule has 6 nitrogen and oxygen atoms in total. The number of benzene rings is 3. The minimum absolute atomic E-state index is 0.234. The lowest BCUT2D eigenvalue weighted by atomic mass is 10.1. The van der Waals surface area contributed by atoms with Gasteiger partial charge in [0, 0.05) is 11.4 Å². The summed E-state index contributed by atoms with van der Waals surface area (Å²) in [5, 5.41) is 5.43. The topological polar surface area (TPSA) is 76.7 Å². The van der Waals surface area contributed by atoms with Crippen molar-refractivity contribution in [2.45, 2.75) is 13.5 Å². The van der Waals surface area contributed by atoms with E-state index < -0.39 is 12.0 Å². The van der Waals surface area contributed by atoms with Crippen LogP contribution in [-0.4, -0.2) is 19.1 Å². The van der Waals surface area contributed by atoms with Gasteiger partial charge in [-0.25, -0.2) is 9.59 Å². The molecule has 0 heterocycles. The molecule has 0 aliphatic carbocycles. The van der Waals surface area contributed by atoms with Gasteiger partial charge in [0.05, 0.1) is 7.11 Å². The second kappa shape index (κ2) is 9.41. The van der Waals surface area contributed by atoms with Crippen LogP contribution in [-0.2, 0) is 11.3 Å². The van der Waals surface area contributed by atoms with E-state index in [4.69, 9.17) is 9.47 Å². The molecule has 0 saturated carbocycles. The van der Waals surface area contributed by atoms with Gasteiger partial charge in [-0.2, -0.15) is 0 Å². The number of ether oxygens (including phenoxy) is 2. The molecule has 0 radical (unpaired) electrons. The molecule has 6 heteroatoms. The van der Waals surface area contributed by atoms with Crippen molar-refractivity contribution >= 4 is 23.4 Å². The van der Waals surface area contributed by atoms with Crippen LogP contribution in [0.25, 0.3) is 0 Å². The first-order valence-corrected chi connectivity index (χ1v) is 9.09. The van der Waals surface area contributed by atoms with Gasteiger partial charge in [-0.15, -0.1) is 0 Å². The first kappa shape index (κ1) is 19.9. The third-order valence-electron chi connectivity index (χ3n) is 4.15. The predicted molar refractivity (Wildman–Crippen MR) is 112 cm³/mol. The zero-order chi connectivity index (χ0) is 20.6. The van der Waals surface area contributed by atoms with Crippen LogP contribution in [0.15, 0.2) is 72.8 Å². The number of amides is 2. The summed E-state index contributed by atoms with van der Waals surface area (Å²) in [6, 6.07) is 21.4. The molecule has 0 atom stereocenters. The number of aryl methyl sites for hydroxylation is 1. The number of anilines is 2. The Balaban J connectivity index is 1.73. The lowest BCUT2D eigenvalue weighted by molar-refractivity contribution is 0.0595. The van der Waals surface area contributed by atoms with Crippen LogP contribution in [0.4, 0.5) is 16.2 Å². The molecule has 0 aliphatic rings. The molecule has 0 fully saturated rings. The van der Waals surface area contributed by atoms with Crippen LogP contribution in [0.2, 0.25) is 0 Å². The quantitative estimate of drug-likeness (QED) is 0.581. The highest BCUT2D eigenvalue weighted by molar-refractivity contribution is 6.01. The van der Waals surface area contributed by atoms with Gasteiger partial charge >= 0.3 is 12.0 Å². The van der Waals surface area contributed by atoms with Gasteiger partial charge in [0.1, 0.15) is 17.9 Å². The van der Waals surface area contributed by atoms with E-state index in [-0.39, 0.29) is 5.56 Å². The summed E-state index contributed by atoms with van der Waals surface area (Å²) in [6.45, 7) is 2.32. The van der Waals surface area contributed by atoms with Crippen molar-refractivity contribution in [3.63, 3.8) is 0 Å². The summed E-state index contributed by atoms with van der Waals surface area (Å²) in [7, 11) is 1.30. The number of hydrogen-bond acceptors (Lipinski definition) is 4. The molecule has 29 heavy (non-hydrogen) atoms. The van der Waals surface area contributed by atoms with E-state index in [1.54, 1.807) is 24.3 Å². The third kappa shape index (κ3) is 5.59. The van der Waals surface area contributed by atoms with Crippen molar-refractivity contribution in [2.75, 3.05) is 17.7 Å². The third-order valence-corrected chi connectivity index (χ3v) is 4.15. The van der Waals surface area contributed by atoms with E-state index in [1.165, 1.54) is 13.2 Å². The number of hydrogen-bond donors (Lipinski definition) is 2. The Hall–Kier alpha value is -3.80. The molecule has 2 amide bonds. The van der Waals surface area contributed by atoms with Gasteiger partial charge in [-0.05, 0) is 42.8 Å². The van der Waals surface area contributed by atoms with E-state index in [1.807, 2.05) is 49.4 Å². The molecule has 3 rings (SSSR count). The molecule has 3 aromatic rings. The molecule has 0 bridgehead atoms. The molecular weight excluding hydrogens is 368 g/mol. The Kier molecular flexibility index (Phi) is 6.47. The van der Waals surface area contributed by atoms with E-state index >= 15 is 0 Å². The second-order valence-electron chi connectivity index (χ2n) is 6.43. The van der Waals surface area contributed by atoms with Crippen molar-refractivity contribution < 1.29 is 19.1 Å². The van der Waals surface area contributed by atoms with Gasteiger partial charge < -0.3 is 20.1 Å². The average molecular weight is 390 g/mol. The zero-order valence-electron chi connectivity index (χ0n) is 16.3. The van der Waals surface area contributed by atoms with Gasteiger partial charge in [0.2, 0.25) is 0 Å². The zero-order valence-corrected chi connectivity index (χ0v) is 16.3. The van der Waals surface area contributed by atoms with Crippen LogP contribution in [0.1, 0.15) is 21.5 Å². The van der Waals surface area contributed by atoms with Gasteiger partial charge in [-0.3, -0.25) is 0 Å². The molecule has 2 N–H and O–H groups in total. The summed E-state index contributed by atoms with van der Waals surface area (Å²) in [6.07, 6.45) is 0. The SMILES string of the molecule is COC(=O)c1cc(NC(=O)Nc2ccccc2)ccc1OCc1cccc(C)c1. The number of nitrogens with one attached hydrogen (secondary N) is 2. The summed E-state index contributed by atoms with van der Waals surface area (Å²) in [4.78, 5) is 24.4. The highest BCUT2D eigenvalue weighted by Gasteiger charge is 2.15. The Bertz CT molecular complexity index is 1000. The van der Waals surface area contributed by atoms with E-state index in [0.717, 1.165) is 11.1 Å². The minimum Gasteiger partial charge on any atom is -0.488 e. The summed E-state index contributed by atoms with van der Waals surface area (Å²) in [5.74, 6) is -0.163. The fraction of sp³-hybridized carbons (Fsp3) is 0.130. The molecule has 0 unspecified atom stereocenters. The van der Waals surface area contributed by atoms with E-state index in [0.29, 0.717) is 23.7 Å². The monoisotopic (exact) mass is 390 g/mol. The predicted octanol–water partition coefficient (Wildman–Crippen LogP) is 5.00. The highest BCUT2D eigenvalue weighted by atomic mass is 16.5. The number of rotatable bonds is 6. The Morgan fingerprint density at radius 2 is 1.62 bits per heavy atom. The molecule has 3 aromatic carbocycles. The lowest BCUT2D eigenvalue weighted by Gasteiger charge is -2.13.